The van der Waals surface area contributed by atoms with Gasteiger partial charge >= 0.3 is 0 Å². The first kappa shape index (κ1) is 19.3. The van der Waals surface area contributed by atoms with Crippen molar-refractivity contribution in [3.05, 3.63) is 64.3 Å². The molecule has 1 aromatic carbocycles. The predicted molar refractivity (Wildman–Crippen MR) is 123 cm³/mol. The molecular formula is C20H16ClN9OS. The van der Waals surface area contributed by atoms with E-state index in [1.807, 2.05) is 6.07 Å². The first-order valence-corrected chi connectivity index (χ1v) is 11.3. The van der Waals surface area contributed by atoms with Gasteiger partial charge in [-0.2, -0.15) is 5.10 Å². The molecule has 4 aromatic heterocycles. The molecule has 32 heavy (non-hydrogen) atoms. The standard InChI is InChI=1S/C20H16ClN9OS/c1-28-14(5-6-26-28)30-18(27-12-4-2-3-11(21)15(12)20(30)31)13-7-32-10-29(13)19-16-17(23-8-22-16)24-9-25-19/h2-6,8-9,13H,7,10H2,1H3,(H,22,23,24,25)/t13-/m0/s1. The molecule has 160 valence electrons. The van der Waals surface area contributed by atoms with Crippen molar-refractivity contribution in [2.24, 2.45) is 7.05 Å². The fourth-order valence-corrected chi connectivity index (χ4v) is 5.47. The Balaban J connectivity index is 1.62. The average molecular weight is 466 g/mol. The lowest BCUT2D eigenvalue weighted by Gasteiger charge is -2.26. The van der Waals surface area contributed by atoms with Crippen molar-refractivity contribution < 1.29 is 0 Å². The van der Waals surface area contributed by atoms with Crippen LogP contribution in [0.4, 0.5) is 5.82 Å². The van der Waals surface area contributed by atoms with Gasteiger partial charge in [-0.15, -0.1) is 11.8 Å². The van der Waals surface area contributed by atoms with E-state index in [-0.39, 0.29) is 11.6 Å². The van der Waals surface area contributed by atoms with Crippen molar-refractivity contribution in [2.45, 2.75) is 6.04 Å². The number of imidazole rings is 1. The molecule has 0 saturated carbocycles. The molecule has 0 bridgehead atoms. The van der Waals surface area contributed by atoms with Crippen LogP contribution in [0.1, 0.15) is 11.9 Å². The number of nitrogens with one attached hydrogen (secondary N) is 1. The largest absolute Gasteiger partial charge is 0.334 e. The zero-order chi connectivity index (χ0) is 21.8. The smallest absolute Gasteiger partial charge is 0.268 e. The quantitative estimate of drug-likeness (QED) is 0.433. The van der Waals surface area contributed by atoms with E-state index in [2.05, 4.69) is 29.9 Å². The summed E-state index contributed by atoms with van der Waals surface area (Å²) in [6.45, 7) is 0. The first-order valence-electron chi connectivity index (χ1n) is 9.81. The van der Waals surface area contributed by atoms with Crippen LogP contribution in [-0.4, -0.2) is 50.9 Å². The predicted octanol–water partition coefficient (Wildman–Crippen LogP) is 2.69. The fourth-order valence-electron chi connectivity index (χ4n) is 4.07. The van der Waals surface area contributed by atoms with Gasteiger partial charge in [0.2, 0.25) is 0 Å². The van der Waals surface area contributed by atoms with E-state index in [1.54, 1.807) is 58.8 Å². The number of aromatic amines is 1. The fraction of sp³-hybridized carbons (Fsp3) is 0.200. The van der Waals surface area contributed by atoms with E-state index in [0.717, 1.165) is 5.75 Å². The number of benzene rings is 1. The number of aryl methyl sites for hydroxylation is 1. The van der Waals surface area contributed by atoms with Crippen molar-refractivity contribution >= 4 is 51.2 Å². The number of hydrogen-bond donors (Lipinski definition) is 1. The van der Waals surface area contributed by atoms with Crippen LogP contribution in [0.25, 0.3) is 27.9 Å². The highest BCUT2D eigenvalue weighted by Crippen LogP contribution is 2.38. The normalized spacial score (nSPS) is 16.4. The van der Waals surface area contributed by atoms with Crippen molar-refractivity contribution in [1.82, 2.24) is 39.3 Å². The van der Waals surface area contributed by atoms with Gasteiger partial charge in [0.25, 0.3) is 5.56 Å². The van der Waals surface area contributed by atoms with E-state index in [1.165, 1.54) is 6.33 Å². The Morgan fingerprint density at radius 3 is 2.97 bits per heavy atom. The van der Waals surface area contributed by atoms with Gasteiger partial charge in [0, 0.05) is 18.9 Å². The molecule has 5 heterocycles. The molecular weight excluding hydrogens is 450 g/mol. The zero-order valence-electron chi connectivity index (χ0n) is 16.8. The third kappa shape index (κ3) is 2.81. The molecule has 0 unspecified atom stereocenters. The molecule has 12 heteroatoms. The Hall–Kier alpha value is -3.44. The summed E-state index contributed by atoms with van der Waals surface area (Å²) in [5.41, 5.74) is 1.66. The molecule has 6 rings (SSSR count). The highest BCUT2D eigenvalue weighted by molar-refractivity contribution is 7.99. The van der Waals surface area contributed by atoms with Crippen molar-refractivity contribution in [3.8, 4) is 5.82 Å². The second kappa shape index (κ2) is 7.31. The van der Waals surface area contributed by atoms with Crippen molar-refractivity contribution in [2.75, 3.05) is 16.5 Å². The van der Waals surface area contributed by atoms with E-state index in [9.17, 15) is 4.79 Å². The Kier molecular flexibility index (Phi) is 4.40. The molecule has 0 radical (unpaired) electrons. The van der Waals surface area contributed by atoms with Crippen LogP contribution in [0, 0.1) is 0 Å². The van der Waals surface area contributed by atoms with Crippen LogP contribution in [-0.2, 0) is 7.05 Å². The topological polar surface area (TPSA) is 110 Å². The van der Waals surface area contributed by atoms with E-state index in [4.69, 9.17) is 16.6 Å². The number of rotatable bonds is 3. The number of thioether (sulfide) groups is 1. The van der Waals surface area contributed by atoms with Gasteiger partial charge in [-0.05, 0) is 12.1 Å². The van der Waals surface area contributed by atoms with Gasteiger partial charge in [0.1, 0.15) is 23.5 Å². The molecule has 0 amide bonds. The number of fused-ring (bicyclic) bond motifs is 2. The zero-order valence-corrected chi connectivity index (χ0v) is 18.4. The summed E-state index contributed by atoms with van der Waals surface area (Å²) in [4.78, 5) is 37.0. The van der Waals surface area contributed by atoms with E-state index >= 15 is 0 Å². The second-order valence-electron chi connectivity index (χ2n) is 7.34. The summed E-state index contributed by atoms with van der Waals surface area (Å²) in [6.07, 6.45) is 4.77. The number of anilines is 1. The highest BCUT2D eigenvalue weighted by Gasteiger charge is 2.34. The van der Waals surface area contributed by atoms with Crippen LogP contribution < -0.4 is 10.5 Å². The molecule has 5 aromatic rings. The molecule has 1 fully saturated rings. The van der Waals surface area contributed by atoms with E-state index < -0.39 is 0 Å². The summed E-state index contributed by atoms with van der Waals surface area (Å²) in [6, 6.07) is 6.88. The maximum Gasteiger partial charge on any atom is 0.268 e. The Morgan fingerprint density at radius 1 is 1.22 bits per heavy atom. The minimum absolute atomic E-state index is 0.221. The lowest BCUT2D eigenvalue weighted by atomic mass is 10.2. The number of aromatic nitrogens is 8. The maximum absolute atomic E-state index is 13.7. The Morgan fingerprint density at radius 2 is 2.12 bits per heavy atom. The molecule has 1 aliphatic heterocycles. The third-order valence-corrected chi connectivity index (χ3v) is 6.87. The molecule has 1 atom stereocenters. The van der Waals surface area contributed by atoms with E-state index in [0.29, 0.717) is 50.4 Å². The van der Waals surface area contributed by atoms with Gasteiger partial charge in [-0.25, -0.2) is 24.5 Å². The minimum atomic E-state index is -0.233. The molecule has 0 spiro atoms. The lowest BCUT2D eigenvalue weighted by Crippen LogP contribution is -2.33. The number of nitrogens with zero attached hydrogens (tertiary/aromatic N) is 8. The summed E-state index contributed by atoms with van der Waals surface area (Å²) in [7, 11) is 1.79. The molecule has 1 saturated heterocycles. The van der Waals surface area contributed by atoms with Crippen LogP contribution in [0.15, 0.2) is 47.9 Å². The Bertz CT molecular complexity index is 1540. The highest BCUT2D eigenvalue weighted by atomic mass is 35.5. The summed E-state index contributed by atoms with van der Waals surface area (Å²) in [5.74, 6) is 3.32. The number of hydrogen-bond acceptors (Lipinski definition) is 8. The van der Waals surface area contributed by atoms with Gasteiger partial charge < -0.3 is 9.88 Å². The van der Waals surface area contributed by atoms with Crippen LogP contribution >= 0.6 is 23.4 Å². The van der Waals surface area contributed by atoms with Gasteiger partial charge in [0.15, 0.2) is 11.5 Å². The molecule has 1 N–H and O–H groups in total. The minimum Gasteiger partial charge on any atom is -0.334 e. The molecule has 10 nitrogen and oxygen atoms in total. The summed E-state index contributed by atoms with van der Waals surface area (Å²) >= 11 is 8.15. The van der Waals surface area contributed by atoms with Crippen LogP contribution in [0.3, 0.4) is 0 Å². The lowest BCUT2D eigenvalue weighted by molar-refractivity contribution is 0.638. The number of H-pyrrole nitrogens is 1. The maximum atomic E-state index is 13.7. The van der Waals surface area contributed by atoms with Gasteiger partial charge in [0.05, 0.1) is 40.4 Å². The van der Waals surface area contributed by atoms with Gasteiger partial charge in [-0.1, -0.05) is 17.7 Å². The first-order chi connectivity index (χ1) is 15.6. The third-order valence-electron chi connectivity index (χ3n) is 5.55. The van der Waals surface area contributed by atoms with Crippen LogP contribution in [0.2, 0.25) is 5.02 Å². The summed E-state index contributed by atoms with van der Waals surface area (Å²) in [5, 5.41) is 5.01. The van der Waals surface area contributed by atoms with Crippen molar-refractivity contribution in [1.29, 1.82) is 0 Å². The molecule has 0 aliphatic carbocycles. The monoisotopic (exact) mass is 465 g/mol. The van der Waals surface area contributed by atoms with Gasteiger partial charge in [-0.3, -0.25) is 9.48 Å². The second-order valence-corrected chi connectivity index (χ2v) is 8.75. The Labute approximate surface area is 190 Å². The van der Waals surface area contributed by atoms with Crippen molar-refractivity contribution in [3.63, 3.8) is 0 Å². The molecule has 1 aliphatic rings. The SMILES string of the molecule is Cn1nccc1-n1c([C@@H]2CSCN2c2ncnc3[nH]cnc23)nc2cccc(Cl)c2c1=O. The van der Waals surface area contributed by atoms with Crippen LogP contribution in [0.5, 0.6) is 0 Å². The summed E-state index contributed by atoms with van der Waals surface area (Å²) < 4.78 is 3.26. The number of halogens is 1. The average Bonchev–Trinajstić information content (AvgIpc) is 3.54.